The topological polar surface area (TPSA) is 107 Å². The van der Waals surface area contributed by atoms with Gasteiger partial charge in [-0.15, -0.1) is 0 Å². The summed E-state index contributed by atoms with van der Waals surface area (Å²) in [5, 5.41) is 13.5. The maximum atomic E-state index is 9.91. The quantitative estimate of drug-likeness (QED) is 0.516. The van der Waals surface area contributed by atoms with Crippen molar-refractivity contribution in [1.29, 1.82) is 0 Å². The van der Waals surface area contributed by atoms with Gasteiger partial charge in [-0.3, -0.25) is 0 Å². The number of aromatic nitrogens is 2. The molecule has 2 aromatic rings. The van der Waals surface area contributed by atoms with E-state index in [1.165, 1.54) is 0 Å². The van der Waals surface area contributed by atoms with Crippen LogP contribution < -0.4 is 9.64 Å². The summed E-state index contributed by atoms with van der Waals surface area (Å²) in [6.45, 7) is 3.34. The molecule has 1 N–H and O–H groups in total. The molecule has 1 aliphatic rings. The van der Waals surface area contributed by atoms with Crippen LogP contribution in [-0.2, 0) is 0 Å². The van der Waals surface area contributed by atoms with Crippen molar-refractivity contribution in [2.45, 2.75) is 19.1 Å². The fraction of sp³-hybridized carbons (Fsp3) is 0.375. The number of aliphatic hydroxyl groups is 1. The molecule has 1 aliphatic heterocycles. The van der Waals surface area contributed by atoms with Crippen molar-refractivity contribution in [3.63, 3.8) is 0 Å². The molecular formula is C16H18N6O2. The van der Waals surface area contributed by atoms with E-state index in [0.29, 0.717) is 25.6 Å². The van der Waals surface area contributed by atoms with E-state index < -0.39 is 12.1 Å². The first-order valence-electron chi connectivity index (χ1n) is 7.73. The molecule has 3 heterocycles. The SMILES string of the molecule is CCOc1cc(-c2ccc(N3C[C@@H](O)[C@H](N=[N+]=[N-])C3)nc2)ccn1. The van der Waals surface area contributed by atoms with Gasteiger partial charge >= 0.3 is 0 Å². The molecule has 1 fully saturated rings. The summed E-state index contributed by atoms with van der Waals surface area (Å²) >= 11 is 0. The second kappa shape index (κ2) is 7.16. The highest BCUT2D eigenvalue weighted by Gasteiger charge is 2.31. The fourth-order valence-corrected chi connectivity index (χ4v) is 2.70. The number of pyridine rings is 2. The number of ether oxygens (including phenoxy) is 1. The first-order valence-corrected chi connectivity index (χ1v) is 7.73. The van der Waals surface area contributed by atoms with Gasteiger partial charge in [-0.2, -0.15) is 0 Å². The number of β-amino-alcohol motifs (C(OH)–C–C–N with tert-alkyl or cyclic N) is 1. The molecule has 2 aromatic heterocycles. The summed E-state index contributed by atoms with van der Waals surface area (Å²) in [5.74, 6) is 1.33. The summed E-state index contributed by atoms with van der Waals surface area (Å²) in [6, 6.07) is 7.18. The first-order chi connectivity index (χ1) is 11.7. The first kappa shape index (κ1) is 16.0. The van der Waals surface area contributed by atoms with Gasteiger partial charge in [-0.25, -0.2) is 9.97 Å². The molecule has 124 valence electrons. The Kier molecular flexibility index (Phi) is 4.79. The maximum Gasteiger partial charge on any atom is 0.213 e. The lowest BCUT2D eigenvalue weighted by Gasteiger charge is -2.16. The minimum absolute atomic E-state index is 0.403. The Morgan fingerprint density at radius 3 is 2.92 bits per heavy atom. The number of hydrogen-bond donors (Lipinski definition) is 1. The molecule has 0 spiro atoms. The average Bonchev–Trinajstić information content (AvgIpc) is 2.97. The highest BCUT2D eigenvalue weighted by atomic mass is 16.5. The minimum Gasteiger partial charge on any atom is -0.478 e. The third-order valence-corrected chi connectivity index (χ3v) is 3.89. The molecule has 3 rings (SSSR count). The van der Waals surface area contributed by atoms with Crippen molar-refractivity contribution in [1.82, 2.24) is 9.97 Å². The van der Waals surface area contributed by atoms with E-state index in [1.807, 2.05) is 36.1 Å². The molecule has 8 nitrogen and oxygen atoms in total. The average molecular weight is 326 g/mol. The summed E-state index contributed by atoms with van der Waals surface area (Å²) < 4.78 is 5.41. The van der Waals surface area contributed by atoms with Crippen LogP contribution in [0.4, 0.5) is 5.82 Å². The zero-order chi connectivity index (χ0) is 16.9. The van der Waals surface area contributed by atoms with Crippen LogP contribution in [0.1, 0.15) is 6.92 Å². The second-order valence-electron chi connectivity index (χ2n) is 5.47. The van der Waals surface area contributed by atoms with Crippen LogP contribution in [-0.4, -0.2) is 46.9 Å². The Morgan fingerprint density at radius 2 is 2.21 bits per heavy atom. The maximum absolute atomic E-state index is 9.91. The molecule has 1 saturated heterocycles. The van der Waals surface area contributed by atoms with Crippen LogP contribution in [0.5, 0.6) is 5.88 Å². The zero-order valence-electron chi connectivity index (χ0n) is 13.3. The monoisotopic (exact) mass is 326 g/mol. The van der Waals surface area contributed by atoms with Gasteiger partial charge in [-0.1, -0.05) is 5.11 Å². The van der Waals surface area contributed by atoms with Crippen LogP contribution in [0.2, 0.25) is 0 Å². The van der Waals surface area contributed by atoms with Gasteiger partial charge < -0.3 is 14.7 Å². The van der Waals surface area contributed by atoms with Gasteiger partial charge in [0.1, 0.15) is 5.82 Å². The number of aliphatic hydroxyl groups excluding tert-OH is 1. The standard InChI is InChI=1S/C16H18N6O2/c1-2-24-16-7-11(5-6-18-16)12-3-4-15(19-8-12)22-9-13(20-21-17)14(23)10-22/h3-8,13-14,23H,2,9-10H2,1H3/t13-,14-/m1/s1. The highest BCUT2D eigenvalue weighted by Crippen LogP contribution is 2.25. The fourth-order valence-electron chi connectivity index (χ4n) is 2.70. The van der Waals surface area contributed by atoms with E-state index >= 15 is 0 Å². The molecule has 0 aliphatic carbocycles. The molecule has 0 radical (unpaired) electrons. The van der Waals surface area contributed by atoms with E-state index in [0.717, 1.165) is 16.9 Å². The predicted octanol–water partition coefficient (Wildman–Crippen LogP) is 2.40. The normalized spacial score (nSPS) is 19.8. The van der Waals surface area contributed by atoms with E-state index in [9.17, 15) is 5.11 Å². The summed E-state index contributed by atoms with van der Waals surface area (Å²) in [6.07, 6.45) is 2.81. The van der Waals surface area contributed by atoms with Crippen molar-refractivity contribution in [3.05, 3.63) is 47.1 Å². The van der Waals surface area contributed by atoms with Crippen LogP contribution >= 0.6 is 0 Å². The van der Waals surface area contributed by atoms with E-state index in [4.69, 9.17) is 10.3 Å². The van der Waals surface area contributed by atoms with Crippen molar-refractivity contribution in [2.75, 3.05) is 24.6 Å². The molecular weight excluding hydrogens is 308 g/mol. The number of rotatable bonds is 5. The molecule has 2 atom stereocenters. The lowest BCUT2D eigenvalue weighted by molar-refractivity contribution is 0.180. The van der Waals surface area contributed by atoms with Crippen LogP contribution in [0, 0.1) is 0 Å². The van der Waals surface area contributed by atoms with E-state index in [-0.39, 0.29) is 0 Å². The molecule has 0 aromatic carbocycles. The van der Waals surface area contributed by atoms with Crippen molar-refractivity contribution in [3.8, 4) is 17.0 Å². The Morgan fingerprint density at radius 1 is 1.33 bits per heavy atom. The number of anilines is 1. The van der Waals surface area contributed by atoms with Crippen LogP contribution in [0.15, 0.2) is 41.8 Å². The molecule has 0 bridgehead atoms. The van der Waals surface area contributed by atoms with Crippen molar-refractivity contribution in [2.24, 2.45) is 5.11 Å². The van der Waals surface area contributed by atoms with Crippen molar-refractivity contribution < 1.29 is 9.84 Å². The van der Waals surface area contributed by atoms with Gasteiger partial charge in [0.2, 0.25) is 5.88 Å². The summed E-state index contributed by atoms with van der Waals surface area (Å²) in [7, 11) is 0. The predicted molar refractivity (Wildman–Crippen MR) is 89.8 cm³/mol. The lowest BCUT2D eigenvalue weighted by Crippen LogP contribution is -2.21. The lowest BCUT2D eigenvalue weighted by atomic mass is 10.1. The molecule has 8 heteroatoms. The third-order valence-electron chi connectivity index (χ3n) is 3.89. The summed E-state index contributed by atoms with van der Waals surface area (Å²) in [5.41, 5.74) is 10.4. The Bertz CT molecular complexity index is 744. The molecule has 0 unspecified atom stereocenters. The number of hydrogen-bond acceptors (Lipinski definition) is 6. The molecule has 0 amide bonds. The van der Waals surface area contributed by atoms with Gasteiger partial charge in [0.05, 0.1) is 18.8 Å². The molecule has 24 heavy (non-hydrogen) atoms. The Balaban J connectivity index is 1.76. The van der Waals surface area contributed by atoms with Crippen molar-refractivity contribution >= 4 is 5.82 Å². The third kappa shape index (κ3) is 3.40. The largest absolute Gasteiger partial charge is 0.478 e. The zero-order valence-corrected chi connectivity index (χ0v) is 13.3. The summed E-state index contributed by atoms with van der Waals surface area (Å²) in [4.78, 5) is 13.3. The van der Waals surface area contributed by atoms with E-state index in [1.54, 1.807) is 12.4 Å². The van der Waals surface area contributed by atoms with Crippen LogP contribution in [0.25, 0.3) is 21.6 Å². The van der Waals surface area contributed by atoms with E-state index in [2.05, 4.69) is 20.0 Å². The van der Waals surface area contributed by atoms with Crippen LogP contribution in [0.3, 0.4) is 0 Å². The van der Waals surface area contributed by atoms with Gasteiger partial charge in [-0.05, 0) is 36.2 Å². The van der Waals surface area contributed by atoms with Gasteiger partial charge in [0.25, 0.3) is 0 Å². The number of azide groups is 1. The Hall–Kier alpha value is -2.83. The minimum atomic E-state index is -0.670. The number of nitrogens with zero attached hydrogens (tertiary/aromatic N) is 6. The van der Waals surface area contributed by atoms with Gasteiger partial charge in [0, 0.05) is 42.0 Å². The second-order valence-corrected chi connectivity index (χ2v) is 5.47. The smallest absolute Gasteiger partial charge is 0.213 e. The highest BCUT2D eigenvalue weighted by molar-refractivity contribution is 5.64. The molecule has 0 saturated carbocycles. The Labute approximate surface area is 139 Å². The van der Waals surface area contributed by atoms with Gasteiger partial charge in [0.15, 0.2) is 0 Å².